The molecule has 0 bridgehead atoms. The molecule has 0 aliphatic heterocycles. The van der Waals surface area contributed by atoms with E-state index >= 15 is 0 Å². The predicted molar refractivity (Wildman–Crippen MR) is 88.3 cm³/mol. The molecule has 4 nitrogen and oxygen atoms in total. The summed E-state index contributed by atoms with van der Waals surface area (Å²) in [6, 6.07) is 10.1. The van der Waals surface area contributed by atoms with Crippen molar-refractivity contribution in [3.63, 3.8) is 0 Å². The number of hydrogen-bond donors (Lipinski definition) is 1. The lowest BCUT2D eigenvalue weighted by molar-refractivity contribution is 0.230. The lowest BCUT2D eigenvalue weighted by Gasteiger charge is -2.15. The minimum absolute atomic E-state index is 0.130. The van der Waals surface area contributed by atoms with E-state index in [2.05, 4.69) is 29.4 Å². The fourth-order valence-corrected chi connectivity index (χ4v) is 2.20. The number of aryl methyl sites for hydroxylation is 1. The third-order valence-electron chi connectivity index (χ3n) is 3.33. The fourth-order valence-electron chi connectivity index (χ4n) is 2.20. The zero-order valence-electron chi connectivity index (χ0n) is 13.7. The van der Waals surface area contributed by atoms with Crippen LogP contribution in [0.5, 0.6) is 11.5 Å². The second kappa shape index (κ2) is 7.80. The molecule has 0 saturated carbocycles. The molecule has 1 aromatic heterocycles. The number of nitrogens with one attached hydrogen (secondary N) is 1. The zero-order valence-corrected chi connectivity index (χ0v) is 13.7. The van der Waals surface area contributed by atoms with Crippen LogP contribution < -0.4 is 14.8 Å². The van der Waals surface area contributed by atoms with Gasteiger partial charge in [-0.15, -0.1) is 0 Å². The van der Waals surface area contributed by atoms with Crippen LogP contribution >= 0.6 is 0 Å². The third kappa shape index (κ3) is 4.46. The Morgan fingerprint density at radius 3 is 2.64 bits per heavy atom. The van der Waals surface area contributed by atoms with E-state index in [1.807, 2.05) is 38.2 Å². The maximum Gasteiger partial charge on any atom is 0.161 e. The van der Waals surface area contributed by atoms with Gasteiger partial charge in [0, 0.05) is 19.3 Å². The molecule has 1 heterocycles. The van der Waals surface area contributed by atoms with E-state index in [1.54, 1.807) is 7.11 Å². The van der Waals surface area contributed by atoms with Gasteiger partial charge in [-0.05, 0) is 50.1 Å². The van der Waals surface area contributed by atoms with Crippen LogP contribution in [0.1, 0.15) is 30.7 Å². The van der Waals surface area contributed by atoms with Crippen molar-refractivity contribution >= 4 is 0 Å². The maximum absolute atomic E-state index is 5.73. The molecule has 118 valence electrons. The van der Waals surface area contributed by atoms with Crippen LogP contribution in [0, 0.1) is 6.92 Å². The van der Waals surface area contributed by atoms with Crippen molar-refractivity contribution in [3.05, 3.63) is 53.3 Å². The molecule has 0 amide bonds. The lowest BCUT2D eigenvalue weighted by atomic mass is 10.2. The Kier molecular flexibility index (Phi) is 5.78. The van der Waals surface area contributed by atoms with Gasteiger partial charge in [-0.25, -0.2) is 0 Å². The summed E-state index contributed by atoms with van der Waals surface area (Å²) in [5.41, 5.74) is 3.43. The summed E-state index contributed by atoms with van der Waals surface area (Å²) >= 11 is 0. The first kappa shape index (κ1) is 16.3. The number of pyridine rings is 1. The molecule has 4 heteroatoms. The average molecular weight is 300 g/mol. The molecule has 0 saturated heterocycles. The van der Waals surface area contributed by atoms with Crippen molar-refractivity contribution in [2.45, 2.75) is 40.0 Å². The number of ether oxygens (including phenoxy) is 2. The first-order chi connectivity index (χ1) is 10.6. The quantitative estimate of drug-likeness (QED) is 0.850. The summed E-state index contributed by atoms with van der Waals surface area (Å²) in [6.45, 7) is 7.59. The number of benzene rings is 1. The Balaban J connectivity index is 1.97. The smallest absolute Gasteiger partial charge is 0.161 e. The summed E-state index contributed by atoms with van der Waals surface area (Å²) in [5, 5.41) is 3.41. The molecule has 0 atom stereocenters. The highest BCUT2D eigenvalue weighted by Gasteiger charge is 2.07. The van der Waals surface area contributed by atoms with E-state index < -0.39 is 0 Å². The van der Waals surface area contributed by atoms with Crippen molar-refractivity contribution in [2.75, 3.05) is 7.11 Å². The highest BCUT2D eigenvalue weighted by atomic mass is 16.5. The molecular weight excluding hydrogens is 276 g/mol. The van der Waals surface area contributed by atoms with Gasteiger partial charge < -0.3 is 14.8 Å². The topological polar surface area (TPSA) is 43.4 Å². The molecular formula is C18H24N2O2. The van der Waals surface area contributed by atoms with Gasteiger partial charge in [0.25, 0.3) is 0 Å². The van der Waals surface area contributed by atoms with Crippen molar-refractivity contribution in [1.29, 1.82) is 0 Å². The highest BCUT2D eigenvalue weighted by molar-refractivity contribution is 5.43. The molecule has 0 aliphatic rings. The van der Waals surface area contributed by atoms with Gasteiger partial charge in [0.2, 0.25) is 0 Å². The van der Waals surface area contributed by atoms with E-state index in [1.165, 1.54) is 5.56 Å². The van der Waals surface area contributed by atoms with Gasteiger partial charge in [-0.3, -0.25) is 4.98 Å². The Bertz CT molecular complexity index is 612. The first-order valence-electron chi connectivity index (χ1n) is 7.55. The molecule has 1 aromatic carbocycles. The minimum atomic E-state index is 0.130. The van der Waals surface area contributed by atoms with Crippen LogP contribution in [0.2, 0.25) is 0 Å². The van der Waals surface area contributed by atoms with E-state index in [0.717, 1.165) is 35.8 Å². The van der Waals surface area contributed by atoms with E-state index in [9.17, 15) is 0 Å². The number of aromatic nitrogens is 1. The van der Waals surface area contributed by atoms with Crippen molar-refractivity contribution < 1.29 is 9.47 Å². The SMILES string of the molecule is COc1cc(CNCc2ncccc2C)ccc1OC(C)C. The van der Waals surface area contributed by atoms with Crippen LogP contribution in [-0.2, 0) is 13.1 Å². The maximum atomic E-state index is 5.73. The van der Waals surface area contributed by atoms with Gasteiger partial charge >= 0.3 is 0 Å². The number of hydrogen-bond acceptors (Lipinski definition) is 4. The van der Waals surface area contributed by atoms with Crippen molar-refractivity contribution in [2.24, 2.45) is 0 Å². The van der Waals surface area contributed by atoms with Crippen molar-refractivity contribution in [1.82, 2.24) is 10.3 Å². The van der Waals surface area contributed by atoms with Gasteiger partial charge in [0.15, 0.2) is 11.5 Å². The van der Waals surface area contributed by atoms with Gasteiger partial charge in [-0.2, -0.15) is 0 Å². The molecule has 2 rings (SSSR count). The Hall–Kier alpha value is -2.07. The second-order valence-corrected chi connectivity index (χ2v) is 5.52. The summed E-state index contributed by atoms with van der Waals surface area (Å²) in [5.74, 6) is 1.55. The third-order valence-corrected chi connectivity index (χ3v) is 3.33. The van der Waals surface area contributed by atoms with E-state index in [-0.39, 0.29) is 6.10 Å². The second-order valence-electron chi connectivity index (χ2n) is 5.52. The number of rotatable bonds is 7. The first-order valence-corrected chi connectivity index (χ1v) is 7.55. The van der Waals surface area contributed by atoms with Gasteiger partial charge in [-0.1, -0.05) is 12.1 Å². The minimum Gasteiger partial charge on any atom is -0.493 e. The molecule has 0 spiro atoms. The van der Waals surface area contributed by atoms with Crippen LogP contribution in [0.15, 0.2) is 36.5 Å². The standard InChI is InChI=1S/C18H24N2O2/c1-13(2)22-17-8-7-15(10-18(17)21-4)11-19-12-16-14(3)6-5-9-20-16/h5-10,13,19H,11-12H2,1-4H3. The monoisotopic (exact) mass is 300 g/mol. The van der Waals surface area contributed by atoms with Crippen LogP contribution in [0.3, 0.4) is 0 Å². The average Bonchev–Trinajstić information content (AvgIpc) is 2.50. The van der Waals surface area contributed by atoms with Gasteiger partial charge in [0.1, 0.15) is 0 Å². The number of nitrogens with zero attached hydrogens (tertiary/aromatic N) is 1. The van der Waals surface area contributed by atoms with Crippen LogP contribution in [0.25, 0.3) is 0 Å². The van der Waals surface area contributed by atoms with E-state index in [4.69, 9.17) is 9.47 Å². The summed E-state index contributed by atoms with van der Waals surface area (Å²) < 4.78 is 11.1. The molecule has 0 unspecified atom stereocenters. The molecule has 0 radical (unpaired) electrons. The Morgan fingerprint density at radius 2 is 1.95 bits per heavy atom. The molecule has 0 aliphatic carbocycles. The lowest BCUT2D eigenvalue weighted by Crippen LogP contribution is -2.15. The molecule has 22 heavy (non-hydrogen) atoms. The largest absolute Gasteiger partial charge is 0.493 e. The molecule has 0 fully saturated rings. The Labute approximate surface area is 132 Å². The van der Waals surface area contributed by atoms with E-state index in [0.29, 0.717) is 0 Å². The predicted octanol–water partition coefficient (Wildman–Crippen LogP) is 3.48. The highest BCUT2D eigenvalue weighted by Crippen LogP contribution is 2.28. The summed E-state index contributed by atoms with van der Waals surface area (Å²) in [7, 11) is 1.66. The zero-order chi connectivity index (χ0) is 15.9. The fraction of sp³-hybridized carbons (Fsp3) is 0.389. The molecule has 1 N–H and O–H groups in total. The summed E-state index contributed by atoms with van der Waals surface area (Å²) in [4.78, 5) is 4.38. The normalized spacial score (nSPS) is 10.8. The van der Waals surface area contributed by atoms with Crippen molar-refractivity contribution in [3.8, 4) is 11.5 Å². The number of methoxy groups -OCH3 is 1. The molecule has 2 aromatic rings. The van der Waals surface area contributed by atoms with Crippen LogP contribution in [0.4, 0.5) is 0 Å². The Morgan fingerprint density at radius 1 is 1.14 bits per heavy atom. The van der Waals surface area contributed by atoms with Gasteiger partial charge in [0.05, 0.1) is 18.9 Å². The summed E-state index contributed by atoms with van der Waals surface area (Å²) in [6.07, 6.45) is 1.95. The van der Waals surface area contributed by atoms with Crippen LogP contribution in [-0.4, -0.2) is 18.2 Å².